The van der Waals surface area contributed by atoms with Gasteiger partial charge in [0.05, 0.1) is 29.8 Å². The molecule has 0 amide bonds. The summed E-state index contributed by atoms with van der Waals surface area (Å²) in [7, 11) is 0. The van der Waals surface area contributed by atoms with Crippen molar-refractivity contribution in [2.45, 2.75) is 6.92 Å². The molecule has 3 rings (SSSR count). The standard InChI is InChI=1S/C13H15FN4O2/c1-8-16-11-7-12(17-2-4-20-5-3-17)10(14)6-9(11)13(19)18(8)15/h6-7H,2-5,15H2,1H3. The first-order valence-electron chi connectivity index (χ1n) is 6.38. The van der Waals surface area contributed by atoms with E-state index in [-0.39, 0.29) is 5.39 Å². The number of fused-ring (bicyclic) bond motifs is 1. The van der Waals surface area contributed by atoms with Crippen molar-refractivity contribution in [2.75, 3.05) is 37.0 Å². The van der Waals surface area contributed by atoms with Crippen LogP contribution in [-0.4, -0.2) is 36.0 Å². The SMILES string of the molecule is Cc1nc2cc(N3CCOCC3)c(F)cc2c(=O)n1N. The van der Waals surface area contributed by atoms with Crippen LogP contribution in [0.5, 0.6) is 0 Å². The normalized spacial score (nSPS) is 15.8. The van der Waals surface area contributed by atoms with Crippen LogP contribution in [0.15, 0.2) is 16.9 Å². The number of nitrogen functional groups attached to an aromatic ring is 1. The van der Waals surface area contributed by atoms with Crippen molar-refractivity contribution in [2.24, 2.45) is 0 Å². The fourth-order valence-corrected chi connectivity index (χ4v) is 2.37. The Kier molecular flexibility index (Phi) is 3.06. The van der Waals surface area contributed by atoms with Gasteiger partial charge in [0, 0.05) is 13.1 Å². The van der Waals surface area contributed by atoms with Gasteiger partial charge in [-0.15, -0.1) is 0 Å². The molecule has 7 heteroatoms. The first kappa shape index (κ1) is 12.9. The van der Waals surface area contributed by atoms with Gasteiger partial charge in [-0.1, -0.05) is 0 Å². The summed E-state index contributed by atoms with van der Waals surface area (Å²) >= 11 is 0. The van der Waals surface area contributed by atoms with E-state index in [1.165, 1.54) is 6.07 Å². The van der Waals surface area contributed by atoms with Crippen LogP contribution >= 0.6 is 0 Å². The summed E-state index contributed by atoms with van der Waals surface area (Å²) in [6.07, 6.45) is 0. The summed E-state index contributed by atoms with van der Waals surface area (Å²) < 4.78 is 20.4. The molecule has 2 aromatic rings. The van der Waals surface area contributed by atoms with Gasteiger partial charge in [0.15, 0.2) is 0 Å². The second kappa shape index (κ2) is 4.75. The van der Waals surface area contributed by atoms with E-state index in [0.717, 1.165) is 4.68 Å². The number of aromatic nitrogens is 2. The van der Waals surface area contributed by atoms with Crippen molar-refractivity contribution in [3.05, 3.63) is 34.1 Å². The fraction of sp³-hybridized carbons (Fsp3) is 0.385. The lowest BCUT2D eigenvalue weighted by Crippen LogP contribution is -2.37. The van der Waals surface area contributed by atoms with Crippen molar-refractivity contribution in [1.29, 1.82) is 0 Å². The number of halogens is 1. The molecule has 0 radical (unpaired) electrons. The Labute approximate surface area is 114 Å². The fourth-order valence-electron chi connectivity index (χ4n) is 2.37. The van der Waals surface area contributed by atoms with Gasteiger partial charge in [0.2, 0.25) is 0 Å². The number of ether oxygens (including phenoxy) is 1. The zero-order valence-electron chi connectivity index (χ0n) is 11.1. The third-order valence-corrected chi connectivity index (χ3v) is 3.50. The summed E-state index contributed by atoms with van der Waals surface area (Å²) in [4.78, 5) is 18.1. The number of rotatable bonds is 1. The van der Waals surface area contributed by atoms with E-state index in [0.29, 0.717) is 43.3 Å². The third kappa shape index (κ3) is 2.00. The molecule has 1 aliphatic heterocycles. The molecule has 0 bridgehead atoms. The number of hydrogen-bond acceptors (Lipinski definition) is 5. The van der Waals surface area contributed by atoms with Crippen LogP contribution < -0.4 is 16.3 Å². The van der Waals surface area contributed by atoms with Gasteiger partial charge >= 0.3 is 0 Å². The number of aryl methyl sites for hydroxylation is 1. The topological polar surface area (TPSA) is 73.4 Å². The van der Waals surface area contributed by atoms with Crippen LogP contribution in [0.1, 0.15) is 5.82 Å². The Balaban J connectivity index is 2.18. The van der Waals surface area contributed by atoms with Gasteiger partial charge in [-0.2, -0.15) is 0 Å². The first-order valence-corrected chi connectivity index (χ1v) is 6.38. The largest absolute Gasteiger partial charge is 0.378 e. The molecule has 1 saturated heterocycles. The van der Waals surface area contributed by atoms with Crippen molar-refractivity contribution >= 4 is 16.6 Å². The Morgan fingerprint density at radius 1 is 1.35 bits per heavy atom. The van der Waals surface area contributed by atoms with Crippen LogP contribution in [0.2, 0.25) is 0 Å². The molecule has 0 spiro atoms. The Bertz CT molecular complexity index is 722. The van der Waals surface area contributed by atoms with E-state index in [9.17, 15) is 9.18 Å². The van der Waals surface area contributed by atoms with Crippen molar-refractivity contribution in [3.63, 3.8) is 0 Å². The second-order valence-electron chi connectivity index (χ2n) is 4.75. The quantitative estimate of drug-likeness (QED) is 0.764. The van der Waals surface area contributed by atoms with Crippen LogP contribution in [-0.2, 0) is 4.74 Å². The second-order valence-corrected chi connectivity index (χ2v) is 4.75. The molecule has 20 heavy (non-hydrogen) atoms. The number of benzene rings is 1. The van der Waals surface area contributed by atoms with E-state index in [4.69, 9.17) is 10.6 Å². The minimum atomic E-state index is -0.445. The Morgan fingerprint density at radius 3 is 2.75 bits per heavy atom. The van der Waals surface area contributed by atoms with Gasteiger partial charge in [0.25, 0.3) is 5.56 Å². The third-order valence-electron chi connectivity index (χ3n) is 3.50. The van der Waals surface area contributed by atoms with Gasteiger partial charge in [-0.3, -0.25) is 4.79 Å². The Morgan fingerprint density at radius 2 is 2.05 bits per heavy atom. The van der Waals surface area contributed by atoms with E-state index < -0.39 is 11.4 Å². The highest BCUT2D eigenvalue weighted by Gasteiger charge is 2.18. The average Bonchev–Trinajstić information content (AvgIpc) is 2.46. The summed E-state index contributed by atoms with van der Waals surface area (Å²) in [5.74, 6) is 5.52. The molecule has 1 aromatic carbocycles. The van der Waals surface area contributed by atoms with Crippen molar-refractivity contribution < 1.29 is 9.13 Å². The highest BCUT2D eigenvalue weighted by atomic mass is 19.1. The monoisotopic (exact) mass is 278 g/mol. The highest BCUT2D eigenvalue weighted by molar-refractivity contribution is 5.82. The zero-order chi connectivity index (χ0) is 14.3. The molecule has 1 aliphatic rings. The van der Waals surface area contributed by atoms with Gasteiger partial charge in [-0.05, 0) is 19.1 Å². The maximum atomic E-state index is 14.2. The van der Waals surface area contributed by atoms with E-state index >= 15 is 0 Å². The molecule has 106 valence electrons. The van der Waals surface area contributed by atoms with E-state index in [1.54, 1.807) is 13.0 Å². The van der Waals surface area contributed by atoms with Crippen LogP contribution in [0.3, 0.4) is 0 Å². The molecule has 1 aromatic heterocycles. The lowest BCUT2D eigenvalue weighted by atomic mass is 10.2. The summed E-state index contributed by atoms with van der Waals surface area (Å²) in [6.45, 7) is 4.01. The summed E-state index contributed by atoms with van der Waals surface area (Å²) in [5.41, 5.74) is 0.457. The number of morpholine rings is 1. The van der Waals surface area contributed by atoms with Gasteiger partial charge in [-0.25, -0.2) is 14.1 Å². The molecule has 0 unspecified atom stereocenters. The highest BCUT2D eigenvalue weighted by Crippen LogP contribution is 2.24. The molecular weight excluding hydrogens is 263 g/mol. The van der Waals surface area contributed by atoms with Crippen LogP contribution in [0.4, 0.5) is 10.1 Å². The summed E-state index contributed by atoms with van der Waals surface area (Å²) in [6, 6.07) is 2.81. The predicted molar refractivity (Wildman–Crippen MR) is 73.9 cm³/mol. The number of nitrogens with zero attached hydrogens (tertiary/aromatic N) is 3. The predicted octanol–water partition coefficient (Wildman–Crippen LogP) is 0.394. The molecule has 2 N–H and O–H groups in total. The summed E-state index contributed by atoms with van der Waals surface area (Å²) in [5, 5.41) is 0.188. The minimum Gasteiger partial charge on any atom is -0.378 e. The molecule has 2 heterocycles. The lowest BCUT2D eigenvalue weighted by molar-refractivity contribution is 0.122. The van der Waals surface area contributed by atoms with Crippen LogP contribution in [0.25, 0.3) is 10.9 Å². The number of hydrogen-bond donors (Lipinski definition) is 1. The van der Waals surface area contributed by atoms with Gasteiger partial charge in [0.1, 0.15) is 11.6 Å². The minimum absolute atomic E-state index is 0.188. The van der Waals surface area contributed by atoms with E-state index in [1.807, 2.05) is 4.90 Å². The average molecular weight is 278 g/mol. The first-order chi connectivity index (χ1) is 9.58. The number of anilines is 1. The maximum Gasteiger partial charge on any atom is 0.279 e. The molecule has 1 fully saturated rings. The van der Waals surface area contributed by atoms with Crippen molar-refractivity contribution in [1.82, 2.24) is 9.66 Å². The lowest BCUT2D eigenvalue weighted by Gasteiger charge is -2.29. The maximum absolute atomic E-state index is 14.2. The van der Waals surface area contributed by atoms with Crippen molar-refractivity contribution in [3.8, 4) is 0 Å². The molecule has 0 aliphatic carbocycles. The smallest absolute Gasteiger partial charge is 0.279 e. The molecule has 6 nitrogen and oxygen atoms in total. The zero-order valence-corrected chi connectivity index (χ0v) is 11.1. The number of nitrogens with two attached hydrogens (primary N) is 1. The van der Waals surface area contributed by atoms with Gasteiger partial charge < -0.3 is 15.5 Å². The van der Waals surface area contributed by atoms with Crippen LogP contribution in [0, 0.1) is 12.7 Å². The Hall–Kier alpha value is -2.15. The molecule has 0 saturated carbocycles. The van der Waals surface area contributed by atoms with E-state index in [2.05, 4.69) is 4.98 Å². The molecular formula is C13H15FN4O2. The molecule has 0 atom stereocenters.